The molecule has 0 spiro atoms. The average molecular weight is 916 g/mol. The Morgan fingerprint density at radius 2 is 1.16 bits per heavy atom. The number of phenolic OH excluding ortho intramolecular Hbond substituents is 1. The van der Waals surface area contributed by atoms with Crippen LogP contribution in [0.4, 0.5) is 0 Å². The van der Waals surface area contributed by atoms with E-state index in [0.29, 0.717) is 33.7 Å². The normalized spacial score (nSPS) is 15.1. The molecule has 0 amide bonds. The molecule has 348 valence electrons. The Morgan fingerprint density at radius 3 is 1.81 bits per heavy atom. The minimum atomic E-state index is -3.38. The molecule has 0 bridgehead atoms. The summed E-state index contributed by atoms with van der Waals surface area (Å²) in [7, 11) is 0. The van der Waals surface area contributed by atoms with E-state index < -0.39 is 31.9 Å². The van der Waals surface area contributed by atoms with E-state index in [4.69, 9.17) is 22.3 Å². The van der Waals surface area contributed by atoms with Gasteiger partial charge in [-0.2, -0.15) is 0 Å². The Labute approximate surface area is 424 Å². The predicted octanol–water partition coefficient (Wildman–Crippen LogP) is 18.1. The van der Waals surface area contributed by atoms with Crippen molar-refractivity contribution >= 4 is 11.0 Å². The molecule has 0 unspecified atom stereocenters. The minimum absolute atomic E-state index is 0.00988. The summed E-state index contributed by atoms with van der Waals surface area (Å²) >= 11 is 0. The SMILES string of the molecule is [2H]C(C)(C)c1ccc(-n2c(-c3cc(C(C)C)cc(C(C)C)c3O)nc3c(-c4cc(-c5ccccc5)cc(-c5cc(-c6ccc(C(C([2H])([2H])[2H])(C([2H])([2H])[2H])C([2H])([2H])[2H])cc6)ccn5)c4)cccc32)c(-c2ccc(C(C)(C)C)cc2)c1. The molecule has 0 saturated heterocycles. The van der Waals surface area contributed by atoms with Gasteiger partial charge in [-0.05, 0) is 144 Å². The van der Waals surface area contributed by atoms with E-state index >= 15 is 0 Å². The van der Waals surface area contributed by atoms with Crippen LogP contribution >= 0.6 is 0 Å². The number of fused-ring (bicyclic) bond motifs is 1. The summed E-state index contributed by atoms with van der Waals surface area (Å²) in [5.41, 5.74) is 11.4. The van der Waals surface area contributed by atoms with Gasteiger partial charge in [0.05, 0.1) is 28.0 Å². The third kappa shape index (κ3) is 9.42. The van der Waals surface area contributed by atoms with Crippen LogP contribution in [0.1, 0.15) is 142 Å². The predicted molar refractivity (Wildman–Crippen MR) is 293 cm³/mol. The molecule has 9 aromatic rings. The Balaban J connectivity index is 1.29. The van der Waals surface area contributed by atoms with Gasteiger partial charge in [0.1, 0.15) is 11.6 Å². The smallest absolute Gasteiger partial charge is 0.149 e. The van der Waals surface area contributed by atoms with Crippen molar-refractivity contribution in [3.63, 3.8) is 0 Å². The zero-order valence-corrected chi connectivity index (χ0v) is 41.0. The summed E-state index contributed by atoms with van der Waals surface area (Å²) < 4.78 is 85.5. The van der Waals surface area contributed by atoms with Crippen molar-refractivity contribution < 1.29 is 18.8 Å². The summed E-state index contributed by atoms with van der Waals surface area (Å²) in [6.45, 7) is 8.70. The average Bonchev–Trinajstić information content (AvgIpc) is 3.89. The number of nitrogens with zero attached hydrogens (tertiary/aromatic N) is 3. The van der Waals surface area contributed by atoms with E-state index in [2.05, 4.69) is 132 Å². The largest absolute Gasteiger partial charge is 0.507 e. The number of hydrogen-bond acceptors (Lipinski definition) is 3. The monoisotopic (exact) mass is 916 g/mol. The molecule has 2 aromatic heterocycles. The second kappa shape index (κ2) is 18.5. The summed E-state index contributed by atoms with van der Waals surface area (Å²) in [5.74, 6) is -0.0222. The highest BCUT2D eigenvalue weighted by molar-refractivity contribution is 5.98. The summed E-state index contributed by atoms with van der Waals surface area (Å²) in [4.78, 5) is 10.5. The lowest BCUT2D eigenvalue weighted by Gasteiger charge is -2.21. The van der Waals surface area contributed by atoms with E-state index in [9.17, 15) is 6.48 Å². The first-order chi connectivity index (χ1) is 36.9. The fourth-order valence-electron chi connectivity index (χ4n) is 9.21. The lowest BCUT2D eigenvalue weighted by atomic mass is 9.86. The molecule has 0 aliphatic rings. The van der Waals surface area contributed by atoms with Crippen LogP contribution in [0, 0.1) is 0 Å². The van der Waals surface area contributed by atoms with Crippen LogP contribution < -0.4 is 0 Å². The highest BCUT2D eigenvalue weighted by atomic mass is 16.3. The molecule has 7 aromatic carbocycles. The maximum Gasteiger partial charge on any atom is 0.149 e. The van der Waals surface area contributed by atoms with Crippen molar-refractivity contribution in [2.24, 2.45) is 0 Å². The topological polar surface area (TPSA) is 50.9 Å². The Hall–Kier alpha value is -7.04. The molecule has 4 heteroatoms. The van der Waals surface area contributed by atoms with Crippen molar-refractivity contribution in [1.29, 1.82) is 0 Å². The van der Waals surface area contributed by atoms with E-state index in [1.165, 1.54) is 17.7 Å². The lowest BCUT2D eigenvalue weighted by Crippen LogP contribution is -2.10. The molecule has 0 atom stereocenters. The molecular weight excluding hydrogens is 839 g/mol. The zero-order chi connectivity index (χ0) is 57.4. The van der Waals surface area contributed by atoms with Crippen molar-refractivity contribution in [2.45, 2.75) is 111 Å². The molecule has 9 rings (SSSR count). The molecule has 0 aliphatic carbocycles. The van der Waals surface area contributed by atoms with Crippen molar-refractivity contribution in [3.05, 3.63) is 192 Å². The molecule has 0 saturated carbocycles. The first-order valence-corrected chi connectivity index (χ1v) is 23.8. The van der Waals surface area contributed by atoms with Gasteiger partial charge in [0.25, 0.3) is 0 Å². The van der Waals surface area contributed by atoms with E-state index in [-0.39, 0.29) is 28.6 Å². The van der Waals surface area contributed by atoms with Gasteiger partial charge >= 0.3 is 0 Å². The molecule has 0 radical (unpaired) electrons. The third-order valence-electron chi connectivity index (χ3n) is 13.3. The number of phenols is 1. The number of benzene rings is 7. The molecule has 0 fully saturated rings. The van der Waals surface area contributed by atoms with Crippen molar-refractivity contribution in [1.82, 2.24) is 14.5 Å². The van der Waals surface area contributed by atoms with Gasteiger partial charge in [0.2, 0.25) is 0 Å². The van der Waals surface area contributed by atoms with Gasteiger partial charge in [-0.25, -0.2) is 4.98 Å². The Bertz CT molecular complexity index is 3670. The summed E-state index contributed by atoms with van der Waals surface area (Å²) in [5, 5.41) is 12.5. The van der Waals surface area contributed by atoms with Crippen LogP contribution in [-0.2, 0) is 10.8 Å². The maximum absolute atomic E-state index is 12.5. The maximum atomic E-state index is 12.5. The fraction of sp³-hybridized carbons (Fsp3) is 0.262. The van der Waals surface area contributed by atoms with Gasteiger partial charge in [-0.1, -0.05) is 186 Å². The molecule has 0 aliphatic heterocycles. The molecule has 1 N–H and O–H groups in total. The second-order valence-corrected chi connectivity index (χ2v) is 20.2. The minimum Gasteiger partial charge on any atom is -0.507 e. The van der Waals surface area contributed by atoms with Crippen LogP contribution in [-0.4, -0.2) is 19.6 Å². The van der Waals surface area contributed by atoms with E-state index in [1.54, 1.807) is 24.4 Å². The quantitative estimate of drug-likeness (QED) is 0.149. The highest BCUT2D eigenvalue weighted by Crippen LogP contribution is 2.45. The standard InChI is InChI=1S/C65H67N3O/c1-40(2)46-25-30-59(56(36-46)45-23-28-53(29-24-45)65(10,11)12)68-60-20-16-19-54(61(60)67-63(68)57-38-48(41(3)4)37-55(42(5)6)62(57)69)50-33-49(43-17-14-13-15-18-43)34-51(35-50)58-39-47(31-32-66-58)44-21-26-52(27-22-44)64(7,8)9/h13-42,69H,1-12H3/i7D3,8D3,9D3,40D. The van der Waals surface area contributed by atoms with Gasteiger partial charge < -0.3 is 5.11 Å². The number of hydrogen-bond donors (Lipinski definition) is 1. The van der Waals surface area contributed by atoms with E-state index in [0.717, 1.165) is 66.8 Å². The van der Waals surface area contributed by atoms with Crippen molar-refractivity contribution in [3.8, 4) is 78.6 Å². The molecular formula is C65H67N3O. The number of imidazole rings is 1. The third-order valence-corrected chi connectivity index (χ3v) is 13.3. The van der Waals surface area contributed by atoms with Gasteiger partial charge in [0, 0.05) is 36.6 Å². The fourth-order valence-corrected chi connectivity index (χ4v) is 9.21. The first kappa shape index (κ1) is 36.0. The Kier molecular flexibility index (Phi) is 9.63. The van der Waals surface area contributed by atoms with Gasteiger partial charge in [0.15, 0.2) is 0 Å². The first-order valence-electron chi connectivity index (χ1n) is 28.8. The van der Waals surface area contributed by atoms with Gasteiger partial charge in [-0.15, -0.1) is 0 Å². The molecule has 2 heterocycles. The highest BCUT2D eigenvalue weighted by Gasteiger charge is 2.26. The molecule has 4 nitrogen and oxygen atoms in total. The van der Waals surface area contributed by atoms with E-state index in [1.807, 2.05) is 62.4 Å². The van der Waals surface area contributed by atoms with Crippen LogP contribution in [0.2, 0.25) is 0 Å². The summed E-state index contributed by atoms with van der Waals surface area (Å²) in [6, 6.07) is 50.9. The molecule has 69 heavy (non-hydrogen) atoms. The Morgan fingerprint density at radius 1 is 0.522 bits per heavy atom. The lowest BCUT2D eigenvalue weighted by molar-refractivity contribution is 0.466. The summed E-state index contributed by atoms with van der Waals surface area (Å²) in [6.07, 6.45) is 1.67. The van der Waals surface area contributed by atoms with Gasteiger partial charge in [-0.3, -0.25) is 9.55 Å². The van der Waals surface area contributed by atoms with Crippen LogP contribution in [0.5, 0.6) is 5.75 Å². The van der Waals surface area contributed by atoms with Crippen LogP contribution in [0.15, 0.2) is 164 Å². The number of aromatic hydroxyl groups is 1. The van der Waals surface area contributed by atoms with Crippen LogP contribution in [0.3, 0.4) is 0 Å². The second-order valence-electron chi connectivity index (χ2n) is 20.2. The number of para-hydroxylation sites is 1. The van der Waals surface area contributed by atoms with Crippen molar-refractivity contribution in [2.75, 3.05) is 0 Å². The number of aromatic nitrogens is 3. The zero-order valence-electron chi connectivity index (χ0n) is 51.0. The number of rotatable bonds is 10. The van der Waals surface area contributed by atoms with Crippen LogP contribution in [0.25, 0.3) is 83.9 Å². The number of pyridine rings is 1.